The van der Waals surface area contributed by atoms with E-state index in [2.05, 4.69) is 10.6 Å². The molecule has 0 spiro atoms. The second kappa shape index (κ2) is 7.11. The van der Waals surface area contributed by atoms with Crippen molar-refractivity contribution >= 4 is 27.7 Å². The van der Waals surface area contributed by atoms with Crippen molar-refractivity contribution in [3.05, 3.63) is 0 Å². The molecule has 2 heterocycles. The molecule has 20 heavy (non-hydrogen) atoms. The minimum atomic E-state index is -3.10. The normalized spacial score (nSPS) is 25.8. The lowest BCUT2D eigenvalue weighted by molar-refractivity contribution is -0.123. The Morgan fingerprint density at radius 2 is 2.10 bits per heavy atom. The molecule has 8 heteroatoms. The van der Waals surface area contributed by atoms with E-state index in [9.17, 15) is 13.2 Å². The van der Waals surface area contributed by atoms with Crippen LogP contribution in [0.3, 0.4) is 0 Å². The zero-order valence-corrected chi connectivity index (χ0v) is 13.4. The van der Waals surface area contributed by atoms with Crippen LogP contribution in [0.25, 0.3) is 0 Å². The molecule has 2 rings (SSSR count). The van der Waals surface area contributed by atoms with Crippen LogP contribution in [0.4, 0.5) is 0 Å². The van der Waals surface area contributed by atoms with Gasteiger partial charge in [-0.1, -0.05) is 6.92 Å². The maximum Gasteiger partial charge on any atom is 0.238 e. The molecular weight excluding hydrogens is 298 g/mol. The zero-order chi connectivity index (χ0) is 14.6. The Balaban J connectivity index is 1.78. The minimum Gasteiger partial charge on any atom is -0.352 e. The molecule has 6 nitrogen and oxygen atoms in total. The predicted molar refractivity (Wildman–Crippen MR) is 81.1 cm³/mol. The maximum atomic E-state index is 12.0. The standard InChI is InChI=1S/C12H23N3O3S2/c1-2-7-20(17,18)15-5-3-10(4-6-15)14-12(16)11-8-19-9-13-11/h10-11,13H,2-9H2,1H3,(H,14,16). The van der Waals surface area contributed by atoms with Crippen molar-refractivity contribution in [1.29, 1.82) is 0 Å². The third-order valence-electron chi connectivity index (χ3n) is 3.69. The molecule has 0 aromatic rings. The first-order chi connectivity index (χ1) is 9.53. The van der Waals surface area contributed by atoms with E-state index in [1.807, 2.05) is 6.92 Å². The fourth-order valence-electron chi connectivity index (χ4n) is 2.53. The summed E-state index contributed by atoms with van der Waals surface area (Å²) < 4.78 is 25.5. The number of hydrogen-bond donors (Lipinski definition) is 2. The number of thioether (sulfide) groups is 1. The van der Waals surface area contributed by atoms with Crippen LogP contribution in [0.2, 0.25) is 0 Å². The maximum absolute atomic E-state index is 12.0. The van der Waals surface area contributed by atoms with Gasteiger partial charge in [-0.2, -0.15) is 0 Å². The van der Waals surface area contributed by atoms with E-state index in [1.165, 1.54) is 0 Å². The second-order valence-electron chi connectivity index (χ2n) is 5.27. The van der Waals surface area contributed by atoms with E-state index in [-0.39, 0.29) is 23.7 Å². The topological polar surface area (TPSA) is 78.5 Å². The molecule has 2 aliphatic rings. The van der Waals surface area contributed by atoms with Gasteiger partial charge in [0.15, 0.2) is 0 Å². The Labute approximate surface area is 125 Å². The van der Waals surface area contributed by atoms with Crippen LogP contribution in [0.15, 0.2) is 0 Å². The summed E-state index contributed by atoms with van der Waals surface area (Å²) in [6.45, 7) is 2.90. The Kier molecular flexibility index (Phi) is 5.71. The number of carbonyl (C=O) groups excluding carboxylic acids is 1. The molecule has 0 aliphatic carbocycles. The van der Waals surface area contributed by atoms with Gasteiger partial charge in [-0.25, -0.2) is 12.7 Å². The van der Waals surface area contributed by atoms with Crippen LogP contribution in [-0.2, 0) is 14.8 Å². The molecule has 1 atom stereocenters. The highest BCUT2D eigenvalue weighted by atomic mass is 32.2. The fourth-order valence-corrected chi connectivity index (χ4v) is 5.01. The molecule has 2 aliphatic heterocycles. The van der Waals surface area contributed by atoms with Gasteiger partial charge in [0.2, 0.25) is 15.9 Å². The van der Waals surface area contributed by atoms with Crippen molar-refractivity contribution < 1.29 is 13.2 Å². The van der Waals surface area contributed by atoms with Gasteiger partial charge in [0.05, 0.1) is 11.8 Å². The van der Waals surface area contributed by atoms with Gasteiger partial charge in [-0.15, -0.1) is 11.8 Å². The number of amides is 1. The van der Waals surface area contributed by atoms with E-state index in [4.69, 9.17) is 0 Å². The Morgan fingerprint density at radius 3 is 2.65 bits per heavy atom. The highest BCUT2D eigenvalue weighted by molar-refractivity contribution is 7.99. The average molecular weight is 321 g/mol. The van der Waals surface area contributed by atoms with E-state index in [1.54, 1.807) is 16.1 Å². The predicted octanol–water partition coefficient (Wildman–Crippen LogP) is -0.0307. The molecule has 0 aromatic heterocycles. The SMILES string of the molecule is CCCS(=O)(=O)N1CCC(NC(=O)C2CSCN2)CC1. The lowest BCUT2D eigenvalue weighted by Crippen LogP contribution is -2.51. The zero-order valence-electron chi connectivity index (χ0n) is 11.8. The summed E-state index contributed by atoms with van der Waals surface area (Å²) in [6, 6.07) is 0.00447. The summed E-state index contributed by atoms with van der Waals surface area (Å²) in [6.07, 6.45) is 2.05. The summed E-state index contributed by atoms with van der Waals surface area (Å²) in [5, 5.41) is 6.17. The lowest BCUT2D eigenvalue weighted by atomic mass is 10.1. The molecule has 2 fully saturated rings. The largest absolute Gasteiger partial charge is 0.352 e. The van der Waals surface area contributed by atoms with E-state index in [0.29, 0.717) is 32.4 Å². The summed E-state index contributed by atoms with van der Waals surface area (Å²) >= 11 is 1.72. The number of nitrogens with one attached hydrogen (secondary N) is 2. The van der Waals surface area contributed by atoms with Crippen molar-refractivity contribution in [2.75, 3.05) is 30.5 Å². The summed E-state index contributed by atoms with van der Waals surface area (Å²) in [5.41, 5.74) is 0. The lowest BCUT2D eigenvalue weighted by Gasteiger charge is -2.32. The number of hydrogen-bond acceptors (Lipinski definition) is 5. The Hall–Kier alpha value is -0.310. The van der Waals surface area contributed by atoms with Crippen molar-refractivity contribution in [1.82, 2.24) is 14.9 Å². The van der Waals surface area contributed by atoms with Crippen LogP contribution in [0.1, 0.15) is 26.2 Å². The van der Waals surface area contributed by atoms with E-state index < -0.39 is 10.0 Å². The van der Waals surface area contributed by atoms with E-state index >= 15 is 0 Å². The molecule has 116 valence electrons. The molecule has 0 saturated carbocycles. The summed E-state index contributed by atoms with van der Waals surface area (Å²) in [5.74, 6) is 1.90. The van der Waals surface area contributed by atoms with Gasteiger partial charge in [0.25, 0.3) is 0 Å². The highest BCUT2D eigenvalue weighted by Crippen LogP contribution is 2.16. The molecule has 0 aromatic carbocycles. The summed E-state index contributed by atoms with van der Waals surface area (Å²) in [7, 11) is -3.10. The second-order valence-corrected chi connectivity index (χ2v) is 8.39. The third kappa shape index (κ3) is 4.09. The first-order valence-electron chi connectivity index (χ1n) is 7.12. The number of carbonyl (C=O) groups is 1. The van der Waals surface area contributed by atoms with Gasteiger partial charge in [-0.3, -0.25) is 10.1 Å². The first-order valence-corrected chi connectivity index (χ1v) is 9.88. The van der Waals surface area contributed by atoms with Gasteiger partial charge in [-0.05, 0) is 19.3 Å². The third-order valence-corrected chi connectivity index (χ3v) is 6.70. The van der Waals surface area contributed by atoms with Crippen molar-refractivity contribution in [3.63, 3.8) is 0 Å². The fraction of sp³-hybridized carbons (Fsp3) is 0.917. The van der Waals surface area contributed by atoms with Crippen molar-refractivity contribution in [2.24, 2.45) is 0 Å². The van der Waals surface area contributed by atoms with Crippen molar-refractivity contribution in [2.45, 2.75) is 38.3 Å². The van der Waals surface area contributed by atoms with Crippen LogP contribution in [0.5, 0.6) is 0 Å². The first kappa shape index (κ1) is 16.1. The van der Waals surface area contributed by atoms with Gasteiger partial charge in [0, 0.05) is 30.8 Å². The van der Waals surface area contributed by atoms with Crippen LogP contribution in [0, 0.1) is 0 Å². The van der Waals surface area contributed by atoms with Gasteiger partial charge < -0.3 is 5.32 Å². The summed E-state index contributed by atoms with van der Waals surface area (Å²) in [4.78, 5) is 12.0. The molecule has 2 saturated heterocycles. The number of piperidine rings is 1. The number of rotatable bonds is 5. The average Bonchev–Trinajstić information content (AvgIpc) is 2.93. The smallest absolute Gasteiger partial charge is 0.238 e. The van der Waals surface area contributed by atoms with E-state index in [0.717, 1.165) is 11.6 Å². The van der Waals surface area contributed by atoms with Crippen molar-refractivity contribution in [3.8, 4) is 0 Å². The van der Waals surface area contributed by atoms with Crippen LogP contribution < -0.4 is 10.6 Å². The van der Waals surface area contributed by atoms with Crippen LogP contribution >= 0.6 is 11.8 Å². The van der Waals surface area contributed by atoms with Crippen LogP contribution in [-0.4, -0.2) is 61.2 Å². The van der Waals surface area contributed by atoms with Gasteiger partial charge in [0.1, 0.15) is 0 Å². The minimum absolute atomic E-state index is 0.0462. The number of sulfonamides is 1. The monoisotopic (exact) mass is 321 g/mol. The molecule has 1 unspecified atom stereocenters. The number of nitrogens with zero attached hydrogens (tertiary/aromatic N) is 1. The molecular formula is C12H23N3O3S2. The highest BCUT2D eigenvalue weighted by Gasteiger charge is 2.30. The molecule has 0 radical (unpaired) electrons. The Morgan fingerprint density at radius 1 is 1.40 bits per heavy atom. The quantitative estimate of drug-likeness (QED) is 0.743. The molecule has 2 N–H and O–H groups in total. The Bertz CT molecular complexity index is 427. The van der Waals surface area contributed by atoms with Gasteiger partial charge >= 0.3 is 0 Å². The molecule has 1 amide bonds. The molecule has 0 bridgehead atoms.